The van der Waals surface area contributed by atoms with Crippen LogP contribution in [0.25, 0.3) is 0 Å². The number of benzene rings is 2. The minimum Gasteiger partial charge on any atom is -0.493 e. The van der Waals surface area contributed by atoms with Crippen LogP contribution >= 0.6 is 0 Å². The first-order chi connectivity index (χ1) is 16.0. The van der Waals surface area contributed by atoms with Crippen LogP contribution in [0.4, 0.5) is 10.5 Å². The molecule has 1 N–H and O–H groups in total. The average Bonchev–Trinajstić information content (AvgIpc) is 3.21. The summed E-state index contributed by atoms with van der Waals surface area (Å²) < 4.78 is 17.7. The van der Waals surface area contributed by atoms with E-state index in [-0.39, 0.29) is 13.1 Å². The zero-order valence-corrected chi connectivity index (χ0v) is 18.8. The van der Waals surface area contributed by atoms with Crippen molar-refractivity contribution in [2.45, 2.75) is 25.9 Å². The highest BCUT2D eigenvalue weighted by Gasteiger charge is 2.53. The van der Waals surface area contributed by atoms with Gasteiger partial charge in [0.05, 0.1) is 26.3 Å². The van der Waals surface area contributed by atoms with Gasteiger partial charge in [-0.05, 0) is 30.7 Å². The highest BCUT2D eigenvalue weighted by atomic mass is 16.5. The Morgan fingerprint density at radius 1 is 1.12 bits per heavy atom. The maximum atomic E-state index is 13.3. The van der Waals surface area contributed by atoms with Crippen LogP contribution in [-0.4, -0.2) is 66.4 Å². The van der Waals surface area contributed by atoms with Gasteiger partial charge in [0.2, 0.25) is 0 Å². The molecule has 0 saturated heterocycles. The zero-order chi connectivity index (χ0) is 23.5. The van der Waals surface area contributed by atoms with E-state index < -0.39 is 23.9 Å². The molecule has 2 aromatic rings. The average molecular weight is 452 g/mol. The Bertz CT molecular complexity index is 1140. The van der Waals surface area contributed by atoms with E-state index >= 15 is 0 Å². The fraction of sp³-hybridized carbons (Fsp3) is 0.333. The van der Waals surface area contributed by atoms with Gasteiger partial charge in [-0.25, -0.2) is 4.79 Å². The Balaban J connectivity index is 1.66. The SMILES string of the molecule is CCCCN1C(=O)C2Oc3ccccc3C2=[N+](CC(=O)Nc2ccc(OC)c(OC)c2)C1=O. The van der Waals surface area contributed by atoms with Crippen LogP contribution in [-0.2, 0) is 9.59 Å². The summed E-state index contributed by atoms with van der Waals surface area (Å²) in [6.45, 7) is 1.98. The molecule has 2 aromatic carbocycles. The first-order valence-corrected chi connectivity index (χ1v) is 10.8. The highest BCUT2D eigenvalue weighted by molar-refractivity contribution is 6.22. The number of methoxy groups -OCH3 is 2. The van der Waals surface area contributed by atoms with Crippen molar-refractivity contribution in [1.29, 1.82) is 0 Å². The number of ether oxygens (including phenoxy) is 3. The zero-order valence-electron chi connectivity index (χ0n) is 18.8. The van der Waals surface area contributed by atoms with Gasteiger partial charge in [-0.2, -0.15) is 14.3 Å². The Hall–Kier alpha value is -3.88. The van der Waals surface area contributed by atoms with E-state index in [9.17, 15) is 14.4 Å². The van der Waals surface area contributed by atoms with Crippen molar-refractivity contribution in [3.8, 4) is 17.2 Å². The number of rotatable bonds is 8. The summed E-state index contributed by atoms with van der Waals surface area (Å²) in [5.41, 5.74) is 1.53. The Labute approximate surface area is 191 Å². The highest BCUT2D eigenvalue weighted by Crippen LogP contribution is 2.32. The molecule has 0 bridgehead atoms. The molecule has 0 fully saturated rings. The summed E-state index contributed by atoms with van der Waals surface area (Å²) in [6, 6.07) is 11.6. The van der Waals surface area contributed by atoms with Crippen molar-refractivity contribution in [2.24, 2.45) is 0 Å². The fourth-order valence-electron chi connectivity index (χ4n) is 3.98. The molecule has 172 valence electrons. The molecule has 2 aliphatic rings. The van der Waals surface area contributed by atoms with Gasteiger partial charge in [-0.1, -0.05) is 25.5 Å². The van der Waals surface area contributed by atoms with Crippen LogP contribution in [0.2, 0.25) is 0 Å². The third kappa shape index (κ3) is 4.13. The summed E-state index contributed by atoms with van der Waals surface area (Å²) in [4.78, 5) is 40.5. The lowest BCUT2D eigenvalue weighted by atomic mass is 10.0. The van der Waals surface area contributed by atoms with Gasteiger partial charge in [0, 0.05) is 11.8 Å². The third-order valence-corrected chi connectivity index (χ3v) is 5.60. The van der Waals surface area contributed by atoms with E-state index in [0.29, 0.717) is 40.6 Å². The van der Waals surface area contributed by atoms with E-state index in [4.69, 9.17) is 14.2 Å². The second-order valence-electron chi connectivity index (χ2n) is 7.71. The summed E-state index contributed by atoms with van der Waals surface area (Å²) >= 11 is 0. The molecule has 2 aliphatic heterocycles. The summed E-state index contributed by atoms with van der Waals surface area (Å²) in [5.74, 6) is 0.687. The minimum atomic E-state index is -0.953. The Kier molecular flexibility index (Phi) is 6.30. The summed E-state index contributed by atoms with van der Waals surface area (Å²) in [7, 11) is 3.03. The maximum Gasteiger partial charge on any atom is 0.501 e. The van der Waals surface area contributed by atoms with E-state index in [0.717, 1.165) is 6.42 Å². The second kappa shape index (κ2) is 9.32. The molecule has 1 atom stereocenters. The number of nitrogens with zero attached hydrogens (tertiary/aromatic N) is 2. The normalized spacial score (nSPS) is 16.8. The number of carbonyl (C=O) groups is 3. The second-order valence-corrected chi connectivity index (χ2v) is 7.71. The van der Waals surface area contributed by atoms with Crippen LogP contribution < -0.4 is 19.5 Å². The van der Waals surface area contributed by atoms with Crippen LogP contribution in [0.15, 0.2) is 42.5 Å². The van der Waals surface area contributed by atoms with Gasteiger partial charge < -0.3 is 19.5 Å². The van der Waals surface area contributed by atoms with Gasteiger partial charge >= 0.3 is 11.9 Å². The van der Waals surface area contributed by atoms with E-state index in [1.54, 1.807) is 42.5 Å². The lowest BCUT2D eigenvalue weighted by molar-refractivity contribution is -0.428. The quantitative estimate of drug-likeness (QED) is 0.619. The van der Waals surface area contributed by atoms with Crippen LogP contribution in [0.3, 0.4) is 0 Å². The topological polar surface area (TPSA) is 97.2 Å². The molecule has 4 amide bonds. The smallest absolute Gasteiger partial charge is 0.493 e. The molecule has 4 rings (SSSR count). The number of amides is 4. The van der Waals surface area contributed by atoms with Gasteiger partial charge in [0.1, 0.15) is 5.75 Å². The number of urea groups is 1. The largest absolute Gasteiger partial charge is 0.501 e. The number of hydrogen-bond donors (Lipinski definition) is 1. The molecule has 0 radical (unpaired) electrons. The number of fused-ring (bicyclic) bond motifs is 3. The van der Waals surface area contributed by atoms with Gasteiger partial charge in [-0.3, -0.25) is 4.79 Å². The van der Waals surface area contributed by atoms with Crippen LogP contribution in [0.1, 0.15) is 25.3 Å². The van der Waals surface area contributed by atoms with E-state index in [2.05, 4.69) is 5.32 Å². The van der Waals surface area contributed by atoms with Crippen molar-refractivity contribution < 1.29 is 33.2 Å². The number of hydrogen-bond acceptors (Lipinski definition) is 6. The molecular formula is C24H26N3O6+. The predicted molar refractivity (Wildman–Crippen MR) is 120 cm³/mol. The fourth-order valence-corrected chi connectivity index (χ4v) is 3.98. The van der Waals surface area contributed by atoms with Crippen LogP contribution in [0.5, 0.6) is 17.2 Å². The predicted octanol–water partition coefficient (Wildman–Crippen LogP) is 2.67. The van der Waals surface area contributed by atoms with Gasteiger partial charge in [0.15, 0.2) is 23.8 Å². The number of para-hydroxylation sites is 1. The lowest BCUT2D eigenvalue weighted by Gasteiger charge is -2.24. The Morgan fingerprint density at radius 3 is 2.61 bits per heavy atom. The molecule has 0 spiro atoms. The number of unbranched alkanes of at least 4 members (excludes halogenated alkanes) is 1. The van der Waals surface area contributed by atoms with Gasteiger partial charge in [0.25, 0.3) is 12.0 Å². The van der Waals surface area contributed by atoms with E-state index in [1.807, 2.05) is 6.92 Å². The molecule has 9 heteroatoms. The summed E-state index contributed by atoms with van der Waals surface area (Å²) in [6.07, 6.45) is 0.531. The molecule has 33 heavy (non-hydrogen) atoms. The summed E-state index contributed by atoms with van der Waals surface area (Å²) in [5, 5.41) is 2.78. The minimum absolute atomic E-state index is 0.269. The van der Waals surface area contributed by atoms with Crippen molar-refractivity contribution in [3.63, 3.8) is 0 Å². The molecule has 0 aliphatic carbocycles. The van der Waals surface area contributed by atoms with Gasteiger partial charge in [-0.15, -0.1) is 0 Å². The van der Waals surface area contributed by atoms with E-state index in [1.165, 1.54) is 23.7 Å². The molecule has 2 heterocycles. The number of imide groups is 1. The number of carbonyl (C=O) groups excluding carboxylic acids is 3. The first-order valence-electron chi connectivity index (χ1n) is 10.8. The van der Waals surface area contributed by atoms with Crippen molar-refractivity contribution >= 4 is 29.2 Å². The number of nitrogens with one attached hydrogen (secondary N) is 1. The number of anilines is 1. The molecule has 9 nitrogen and oxygen atoms in total. The maximum absolute atomic E-state index is 13.3. The van der Waals surface area contributed by atoms with Crippen molar-refractivity contribution in [2.75, 3.05) is 32.6 Å². The third-order valence-electron chi connectivity index (χ3n) is 5.60. The molecule has 1 unspecified atom stereocenters. The first kappa shape index (κ1) is 22.3. The lowest BCUT2D eigenvalue weighted by Crippen LogP contribution is -2.58. The van der Waals surface area contributed by atoms with Crippen molar-refractivity contribution in [3.05, 3.63) is 48.0 Å². The molecule has 0 saturated carbocycles. The standard InChI is InChI=1S/C24H25N3O6/c1-4-5-12-26-23(29)22-21(16-8-6-7-9-17(16)33-22)27(24(26)30)14-20(28)25-15-10-11-18(31-2)19(13-15)32-3/h6-11,13,22H,4-5,12,14H2,1-3H3/p+1. The van der Waals surface area contributed by atoms with Crippen molar-refractivity contribution in [1.82, 2.24) is 4.90 Å². The molecule has 0 aromatic heterocycles. The monoisotopic (exact) mass is 452 g/mol. The van der Waals surface area contributed by atoms with Crippen LogP contribution in [0, 0.1) is 0 Å². The molecular weight excluding hydrogens is 426 g/mol. The Morgan fingerprint density at radius 2 is 1.88 bits per heavy atom.